The van der Waals surface area contributed by atoms with Gasteiger partial charge in [-0.2, -0.15) is 8.78 Å². The van der Waals surface area contributed by atoms with Gasteiger partial charge in [0.15, 0.2) is 0 Å². The predicted octanol–water partition coefficient (Wildman–Crippen LogP) is 1.17. The smallest absolute Gasteiger partial charge is 0.348 e. The van der Waals surface area contributed by atoms with Gasteiger partial charge in [0.05, 0.1) is 0 Å². The van der Waals surface area contributed by atoms with E-state index in [0.29, 0.717) is 12.8 Å². The van der Waals surface area contributed by atoms with E-state index in [1.807, 2.05) is 0 Å². The first-order valence-electron chi connectivity index (χ1n) is 3.41. The lowest BCUT2D eigenvalue weighted by Gasteiger charge is -2.13. The Morgan fingerprint density at radius 2 is 1.92 bits per heavy atom. The number of carbonyl (C=O) groups is 1. The zero-order chi connectivity index (χ0) is 9.35. The number of nitrogens with one attached hydrogen (secondary N) is 1. The van der Waals surface area contributed by atoms with Crippen LogP contribution in [0.25, 0.3) is 0 Å². The molecule has 0 saturated heterocycles. The van der Waals surface area contributed by atoms with Crippen molar-refractivity contribution in [3.05, 3.63) is 0 Å². The quantitative estimate of drug-likeness (QED) is 0.657. The summed E-state index contributed by atoms with van der Waals surface area (Å²) in [5.41, 5.74) is 0. The summed E-state index contributed by atoms with van der Waals surface area (Å²) in [6, 6.07) is -0.331. The SMILES string of the molecule is O=C(NC1CC1)C(F)(F)C(F)F. The van der Waals surface area contributed by atoms with E-state index in [-0.39, 0.29) is 6.04 Å². The molecule has 0 unspecified atom stereocenters. The number of halogens is 4. The van der Waals surface area contributed by atoms with E-state index in [1.165, 1.54) is 0 Å². The van der Waals surface area contributed by atoms with Crippen LogP contribution in [0.1, 0.15) is 12.8 Å². The minimum Gasteiger partial charge on any atom is -0.348 e. The standard InChI is InChI=1S/C6H7F4NO/c7-4(8)6(9,10)5(12)11-3-1-2-3/h3-4H,1-2H2,(H,11,12). The lowest BCUT2D eigenvalue weighted by atomic mass is 10.3. The van der Waals surface area contributed by atoms with Gasteiger partial charge in [-0.05, 0) is 12.8 Å². The molecule has 1 N–H and O–H groups in total. The van der Waals surface area contributed by atoms with Crippen molar-refractivity contribution < 1.29 is 22.4 Å². The molecule has 0 radical (unpaired) electrons. The molecule has 70 valence electrons. The highest BCUT2D eigenvalue weighted by atomic mass is 19.3. The first kappa shape index (κ1) is 9.28. The zero-order valence-electron chi connectivity index (χ0n) is 5.99. The van der Waals surface area contributed by atoms with Crippen LogP contribution in [-0.4, -0.2) is 24.3 Å². The maximum atomic E-state index is 12.2. The van der Waals surface area contributed by atoms with Gasteiger partial charge in [0.25, 0.3) is 5.91 Å². The number of hydrogen-bond acceptors (Lipinski definition) is 1. The molecule has 0 bridgehead atoms. The largest absolute Gasteiger partial charge is 0.383 e. The van der Waals surface area contributed by atoms with Crippen LogP contribution in [0.2, 0.25) is 0 Å². The molecule has 1 fully saturated rings. The number of rotatable bonds is 3. The van der Waals surface area contributed by atoms with Gasteiger partial charge in [-0.15, -0.1) is 0 Å². The van der Waals surface area contributed by atoms with Crippen LogP contribution in [0.3, 0.4) is 0 Å². The minimum atomic E-state index is -4.55. The molecule has 0 aliphatic heterocycles. The van der Waals surface area contributed by atoms with E-state index >= 15 is 0 Å². The highest BCUT2D eigenvalue weighted by Crippen LogP contribution is 2.26. The Balaban J connectivity index is 2.47. The molecule has 0 spiro atoms. The van der Waals surface area contributed by atoms with Crippen molar-refractivity contribution in [2.24, 2.45) is 0 Å². The summed E-state index contributed by atoms with van der Waals surface area (Å²) in [6.07, 6.45) is -2.76. The van der Waals surface area contributed by atoms with Crippen molar-refractivity contribution in [3.63, 3.8) is 0 Å². The second-order valence-electron chi connectivity index (χ2n) is 2.67. The molecule has 1 aliphatic carbocycles. The zero-order valence-corrected chi connectivity index (χ0v) is 5.99. The van der Waals surface area contributed by atoms with Gasteiger partial charge >= 0.3 is 12.3 Å². The van der Waals surface area contributed by atoms with Crippen molar-refractivity contribution in [1.82, 2.24) is 5.32 Å². The maximum Gasteiger partial charge on any atom is 0.383 e. The fourth-order valence-corrected chi connectivity index (χ4v) is 0.608. The summed E-state index contributed by atoms with van der Waals surface area (Å²) >= 11 is 0. The van der Waals surface area contributed by atoms with Crippen LogP contribution < -0.4 is 5.32 Å². The van der Waals surface area contributed by atoms with Crippen molar-refractivity contribution >= 4 is 5.91 Å². The van der Waals surface area contributed by atoms with Gasteiger partial charge in [0.1, 0.15) is 0 Å². The minimum absolute atomic E-state index is 0.331. The molecule has 1 rings (SSSR count). The molecule has 1 saturated carbocycles. The topological polar surface area (TPSA) is 29.1 Å². The van der Waals surface area contributed by atoms with Crippen LogP contribution >= 0.6 is 0 Å². The third-order valence-electron chi connectivity index (χ3n) is 1.49. The molecule has 0 atom stereocenters. The van der Waals surface area contributed by atoms with Crippen molar-refractivity contribution in [2.45, 2.75) is 31.2 Å². The molecule has 1 aliphatic rings. The van der Waals surface area contributed by atoms with Crippen LogP contribution in [0, 0.1) is 0 Å². The highest BCUT2D eigenvalue weighted by molar-refractivity contribution is 5.84. The van der Waals surface area contributed by atoms with Gasteiger partial charge in [0, 0.05) is 6.04 Å². The molecular formula is C6H7F4NO. The summed E-state index contributed by atoms with van der Waals surface area (Å²) in [4.78, 5) is 10.4. The van der Waals surface area contributed by atoms with Crippen LogP contribution in [0.5, 0.6) is 0 Å². The fourth-order valence-electron chi connectivity index (χ4n) is 0.608. The number of alkyl halides is 4. The van der Waals surface area contributed by atoms with E-state index in [0.717, 1.165) is 0 Å². The van der Waals surface area contributed by atoms with Crippen molar-refractivity contribution in [2.75, 3.05) is 0 Å². The van der Waals surface area contributed by atoms with Crippen molar-refractivity contribution in [3.8, 4) is 0 Å². The van der Waals surface area contributed by atoms with Crippen molar-refractivity contribution in [1.29, 1.82) is 0 Å². The molecular weight excluding hydrogens is 178 g/mol. The normalized spacial score (nSPS) is 18.1. The van der Waals surface area contributed by atoms with Gasteiger partial charge in [-0.3, -0.25) is 4.79 Å². The lowest BCUT2D eigenvalue weighted by Crippen LogP contribution is -2.45. The van der Waals surface area contributed by atoms with Gasteiger partial charge < -0.3 is 5.32 Å². The average molecular weight is 185 g/mol. The van der Waals surface area contributed by atoms with Crippen LogP contribution in [0.15, 0.2) is 0 Å². The molecule has 6 heteroatoms. The number of amides is 1. The summed E-state index contributed by atoms with van der Waals surface area (Å²) in [6.45, 7) is 0. The summed E-state index contributed by atoms with van der Waals surface area (Å²) in [7, 11) is 0. The molecule has 2 nitrogen and oxygen atoms in total. The molecule has 0 aromatic rings. The Kier molecular flexibility index (Phi) is 2.25. The molecule has 0 heterocycles. The Morgan fingerprint density at radius 3 is 2.25 bits per heavy atom. The Bertz CT molecular complexity index is 190. The fraction of sp³-hybridized carbons (Fsp3) is 0.833. The van der Waals surface area contributed by atoms with E-state index in [1.54, 1.807) is 5.32 Å². The second kappa shape index (κ2) is 2.91. The molecule has 1 amide bonds. The Labute approximate surface area is 65.9 Å². The van der Waals surface area contributed by atoms with E-state index in [2.05, 4.69) is 0 Å². The van der Waals surface area contributed by atoms with Gasteiger partial charge in [0.2, 0.25) is 0 Å². The van der Waals surface area contributed by atoms with E-state index < -0.39 is 18.3 Å². The van der Waals surface area contributed by atoms with E-state index in [9.17, 15) is 22.4 Å². The third-order valence-corrected chi connectivity index (χ3v) is 1.49. The van der Waals surface area contributed by atoms with E-state index in [4.69, 9.17) is 0 Å². The van der Waals surface area contributed by atoms with Gasteiger partial charge in [-0.25, -0.2) is 8.78 Å². The molecule has 0 aromatic carbocycles. The number of hydrogen-bond donors (Lipinski definition) is 1. The Hall–Kier alpha value is -0.810. The first-order chi connectivity index (χ1) is 5.44. The first-order valence-corrected chi connectivity index (χ1v) is 3.41. The average Bonchev–Trinajstić information content (AvgIpc) is 2.71. The maximum absolute atomic E-state index is 12.2. The molecule has 0 aromatic heterocycles. The Morgan fingerprint density at radius 1 is 1.42 bits per heavy atom. The monoisotopic (exact) mass is 185 g/mol. The lowest BCUT2D eigenvalue weighted by molar-refractivity contribution is -0.169. The summed E-state index contributed by atoms with van der Waals surface area (Å²) in [5.74, 6) is -6.43. The summed E-state index contributed by atoms with van der Waals surface area (Å²) in [5, 5.41) is 1.81. The predicted molar refractivity (Wildman–Crippen MR) is 32.1 cm³/mol. The second-order valence-corrected chi connectivity index (χ2v) is 2.67. The van der Waals surface area contributed by atoms with Crippen LogP contribution in [-0.2, 0) is 4.79 Å². The third kappa shape index (κ3) is 1.86. The van der Waals surface area contributed by atoms with Crippen LogP contribution in [0.4, 0.5) is 17.6 Å². The number of carbonyl (C=O) groups excluding carboxylic acids is 1. The molecule has 12 heavy (non-hydrogen) atoms. The van der Waals surface area contributed by atoms with Gasteiger partial charge in [-0.1, -0.05) is 0 Å². The highest BCUT2D eigenvalue weighted by Gasteiger charge is 2.50. The summed E-state index contributed by atoms with van der Waals surface area (Å²) < 4.78 is 47.4.